The molecule has 1 rings (SSSR count). The van der Waals surface area contributed by atoms with Gasteiger partial charge in [0.15, 0.2) is 5.82 Å². The fraction of sp³-hybridized carbons (Fsp3) is 0.167. The Morgan fingerprint density at radius 2 is 2.17 bits per heavy atom. The number of likely N-dealkylation sites (N-methyl/N-ethyl adjacent to an activating group) is 1. The van der Waals surface area contributed by atoms with Crippen molar-refractivity contribution in [3.63, 3.8) is 0 Å². The Labute approximate surface area is 151 Å². The number of aliphatic imine (C=N–C) groups is 1. The summed E-state index contributed by atoms with van der Waals surface area (Å²) in [5.41, 5.74) is 2.15. The molecular weight excluding hydrogens is 404 g/mol. The third-order valence-electron chi connectivity index (χ3n) is 3.16. The molecule has 5 heteroatoms. The van der Waals surface area contributed by atoms with Crippen molar-refractivity contribution in [1.82, 2.24) is 5.32 Å². The zero-order valence-electron chi connectivity index (χ0n) is 13.4. The van der Waals surface area contributed by atoms with E-state index in [2.05, 4.69) is 46.1 Å². The minimum absolute atomic E-state index is 0.315. The molecule has 0 atom stereocenters. The highest BCUT2D eigenvalue weighted by Gasteiger charge is 2.15. The van der Waals surface area contributed by atoms with Gasteiger partial charge in [-0.2, -0.15) is 0 Å². The molecule has 0 fully saturated rings. The lowest BCUT2D eigenvalue weighted by Gasteiger charge is -2.25. The highest BCUT2D eigenvalue weighted by molar-refractivity contribution is 14.1. The lowest BCUT2D eigenvalue weighted by atomic mass is 10.1. The molecule has 0 aliphatic heterocycles. The van der Waals surface area contributed by atoms with E-state index >= 15 is 0 Å². The van der Waals surface area contributed by atoms with Crippen LogP contribution in [0.2, 0.25) is 0 Å². The maximum atomic E-state index is 14.8. The molecule has 1 aromatic rings. The van der Waals surface area contributed by atoms with Crippen LogP contribution in [0.5, 0.6) is 0 Å². The van der Waals surface area contributed by atoms with Crippen LogP contribution in [0.4, 0.5) is 10.1 Å². The van der Waals surface area contributed by atoms with Crippen LogP contribution >= 0.6 is 22.6 Å². The molecule has 0 bridgehead atoms. The average Bonchev–Trinajstić information content (AvgIpc) is 2.56. The molecule has 0 aliphatic rings. The van der Waals surface area contributed by atoms with Gasteiger partial charge in [-0.15, -0.1) is 0 Å². The molecule has 0 saturated heterocycles. The van der Waals surface area contributed by atoms with E-state index in [-0.39, 0.29) is 5.82 Å². The summed E-state index contributed by atoms with van der Waals surface area (Å²) in [6.07, 6.45) is 6.91. The molecule has 0 radical (unpaired) electrons. The van der Waals surface area contributed by atoms with Crippen LogP contribution in [0, 0.1) is 5.82 Å². The first-order valence-corrected chi connectivity index (χ1v) is 8.38. The minimum atomic E-state index is -0.315. The summed E-state index contributed by atoms with van der Waals surface area (Å²) in [5.74, 6) is -0.315. The smallest absolute Gasteiger partial charge is 0.156 e. The molecule has 0 amide bonds. The summed E-state index contributed by atoms with van der Waals surface area (Å²) < 4.78 is 16.6. The van der Waals surface area contributed by atoms with Crippen molar-refractivity contribution in [1.29, 1.82) is 0 Å². The van der Waals surface area contributed by atoms with E-state index in [4.69, 9.17) is 0 Å². The summed E-state index contributed by atoms with van der Waals surface area (Å²) in [6.45, 7) is 10.4. The summed E-state index contributed by atoms with van der Waals surface area (Å²) in [7, 11) is 1.72. The van der Waals surface area contributed by atoms with Gasteiger partial charge in [-0.1, -0.05) is 41.8 Å². The first-order chi connectivity index (χ1) is 11.1. The van der Waals surface area contributed by atoms with Gasteiger partial charge < -0.3 is 10.2 Å². The van der Waals surface area contributed by atoms with Crippen LogP contribution in [0.3, 0.4) is 0 Å². The van der Waals surface area contributed by atoms with Gasteiger partial charge >= 0.3 is 0 Å². The molecular formula is C18H21FIN3. The van der Waals surface area contributed by atoms with E-state index in [0.717, 1.165) is 0 Å². The quantitative estimate of drug-likeness (QED) is 0.365. The van der Waals surface area contributed by atoms with Crippen LogP contribution in [0.25, 0.3) is 5.70 Å². The first kappa shape index (κ1) is 19.2. The number of hydrogen-bond donors (Lipinski definition) is 1. The Morgan fingerprint density at radius 1 is 1.43 bits per heavy atom. The Balaban J connectivity index is 3.06. The molecule has 3 nitrogen and oxygen atoms in total. The van der Waals surface area contributed by atoms with Gasteiger partial charge in [0.2, 0.25) is 0 Å². The highest BCUT2D eigenvalue weighted by atomic mass is 127. The van der Waals surface area contributed by atoms with Gasteiger partial charge in [-0.05, 0) is 35.3 Å². The fourth-order valence-electron chi connectivity index (χ4n) is 2.00. The average molecular weight is 425 g/mol. The predicted molar refractivity (Wildman–Crippen MR) is 107 cm³/mol. The molecule has 0 aromatic heterocycles. The first-order valence-electron chi connectivity index (χ1n) is 7.13. The van der Waals surface area contributed by atoms with Crippen molar-refractivity contribution in [2.75, 3.05) is 18.5 Å². The van der Waals surface area contributed by atoms with Crippen molar-refractivity contribution in [2.24, 2.45) is 4.99 Å². The lowest BCUT2D eigenvalue weighted by molar-refractivity contribution is 0.619. The molecule has 0 spiro atoms. The molecule has 0 heterocycles. The van der Waals surface area contributed by atoms with Crippen molar-refractivity contribution in [2.45, 2.75) is 6.92 Å². The van der Waals surface area contributed by atoms with Gasteiger partial charge in [-0.25, -0.2) is 4.39 Å². The largest absolute Gasteiger partial charge is 0.388 e. The van der Waals surface area contributed by atoms with Gasteiger partial charge in [0.25, 0.3) is 0 Å². The standard InChI is InChI=1S/C18H21FIN3/c1-5-23(14(2)8-7-12-22-13-11-20)17-10-6-9-16(18(17)19)15(3)21-4/h6-13,21H,2-3,5H2,1,4H3/b8-7+,13-11-,22-12-. The van der Waals surface area contributed by atoms with Gasteiger partial charge in [-0.3, -0.25) is 4.99 Å². The van der Waals surface area contributed by atoms with Gasteiger partial charge in [0, 0.05) is 43.0 Å². The number of hydrogen-bond acceptors (Lipinski definition) is 3. The molecule has 1 N–H and O–H groups in total. The Hall–Kier alpha value is -1.89. The fourth-order valence-corrected chi connectivity index (χ4v) is 2.19. The zero-order valence-corrected chi connectivity index (χ0v) is 15.5. The van der Waals surface area contributed by atoms with Crippen molar-refractivity contribution in [3.8, 4) is 0 Å². The molecule has 122 valence electrons. The van der Waals surface area contributed by atoms with E-state index in [0.29, 0.717) is 29.2 Å². The highest BCUT2D eigenvalue weighted by Crippen LogP contribution is 2.27. The topological polar surface area (TPSA) is 27.6 Å². The summed E-state index contributed by atoms with van der Waals surface area (Å²) in [5, 5.41) is 2.88. The second-order valence-corrected chi connectivity index (χ2v) is 5.25. The molecule has 1 aromatic carbocycles. The van der Waals surface area contributed by atoms with Crippen LogP contribution in [0.15, 0.2) is 64.5 Å². The van der Waals surface area contributed by atoms with Gasteiger partial charge in [0.05, 0.1) is 5.69 Å². The van der Waals surface area contributed by atoms with Crippen LogP contribution in [0.1, 0.15) is 12.5 Å². The maximum Gasteiger partial charge on any atom is 0.156 e. The molecule has 0 saturated carbocycles. The molecule has 0 aliphatic carbocycles. The van der Waals surface area contributed by atoms with E-state index in [1.807, 2.05) is 17.1 Å². The van der Waals surface area contributed by atoms with Crippen LogP contribution in [-0.2, 0) is 0 Å². The number of rotatable bonds is 8. The maximum absolute atomic E-state index is 14.8. The van der Waals surface area contributed by atoms with E-state index in [1.54, 1.807) is 48.6 Å². The Bertz CT molecular complexity index is 648. The monoisotopic (exact) mass is 425 g/mol. The summed E-state index contributed by atoms with van der Waals surface area (Å²) in [6, 6.07) is 5.24. The van der Waals surface area contributed by atoms with E-state index in [9.17, 15) is 4.39 Å². The SMILES string of the molecule is C=C(NC)c1cccc(N(CC)C(=C)/C=C/C=N\C=C/I)c1F. The molecule has 0 unspecified atom stereocenters. The van der Waals surface area contributed by atoms with E-state index < -0.39 is 0 Å². The van der Waals surface area contributed by atoms with Gasteiger partial charge in [0.1, 0.15) is 0 Å². The Kier molecular flexibility index (Phi) is 8.32. The van der Waals surface area contributed by atoms with Crippen molar-refractivity contribution >= 4 is 40.2 Å². The number of nitrogens with one attached hydrogen (secondary N) is 1. The summed E-state index contributed by atoms with van der Waals surface area (Å²) >= 11 is 2.09. The number of anilines is 1. The molecule has 23 heavy (non-hydrogen) atoms. The van der Waals surface area contributed by atoms with Crippen molar-refractivity contribution < 1.29 is 4.39 Å². The third-order valence-corrected chi connectivity index (χ3v) is 3.48. The van der Waals surface area contributed by atoms with Crippen LogP contribution < -0.4 is 10.2 Å². The minimum Gasteiger partial charge on any atom is -0.388 e. The summed E-state index contributed by atoms with van der Waals surface area (Å²) in [4.78, 5) is 5.84. The third kappa shape index (κ3) is 5.35. The van der Waals surface area contributed by atoms with E-state index in [1.165, 1.54) is 0 Å². The number of allylic oxidation sites excluding steroid dienone is 2. The predicted octanol–water partition coefficient (Wildman–Crippen LogP) is 4.89. The normalized spacial score (nSPS) is 11.5. The Morgan fingerprint density at radius 3 is 2.78 bits per heavy atom. The number of nitrogens with zero attached hydrogens (tertiary/aromatic N) is 2. The number of benzene rings is 1. The van der Waals surface area contributed by atoms with Crippen molar-refractivity contribution in [3.05, 3.63) is 70.9 Å². The number of halogens is 2. The zero-order chi connectivity index (χ0) is 17.2. The van der Waals surface area contributed by atoms with Crippen LogP contribution in [-0.4, -0.2) is 19.8 Å². The second-order valence-electron chi connectivity index (χ2n) is 4.54. The second kappa shape index (κ2) is 9.99. The lowest BCUT2D eigenvalue weighted by Crippen LogP contribution is -2.22.